The maximum Gasteiger partial charge on any atom is 0.195 e. The van der Waals surface area contributed by atoms with Crippen LogP contribution in [0.15, 0.2) is 34.4 Å². The van der Waals surface area contributed by atoms with Crippen molar-refractivity contribution < 1.29 is 9.53 Å². The quantitative estimate of drug-likeness (QED) is 0.691. The van der Waals surface area contributed by atoms with E-state index in [0.717, 1.165) is 18.4 Å². The maximum atomic E-state index is 11.9. The van der Waals surface area contributed by atoms with E-state index in [0.29, 0.717) is 0 Å². The van der Waals surface area contributed by atoms with Crippen LogP contribution in [0.2, 0.25) is 0 Å². The van der Waals surface area contributed by atoms with Gasteiger partial charge < -0.3 is 4.74 Å². The zero-order valence-corrected chi connectivity index (χ0v) is 11.6. The molecule has 0 aromatic heterocycles. The Labute approximate surface area is 109 Å². The van der Waals surface area contributed by atoms with Gasteiger partial charge in [-0.3, -0.25) is 4.79 Å². The van der Waals surface area contributed by atoms with Crippen molar-refractivity contribution in [3.63, 3.8) is 0 Å². The maximum absolute atomic E-state index is 11.9. The Morgan fingerprint density at radius 3 is 2.78 bits per heavy atom. The number of rotatable bonds is 5. The van der Waals surface area contributed by atoms with E-state index < -0.39 is 0 Å². The third kappa shape index (κ3) is 2.64. The number of carbonyl (C=O) groups excluding carboxylic acids is 1. The molecule has 0 saturated carbocycles. The molecule has 2 aliphatic carbocycles. The van der Waals surface area contributed by atoms with E-state index in [4.69, 9.17) is 4.74 Å². The highest BCUT2D eigenvalue weighted by Gasteiger charge is 2.37. The first-order valence-electron chi connectivity index (χ1n) is 6.76. The molecule has 0 aliphatic heterocycles. The van der Waals surface area contributed by atoms with Gasteiger partial charge in [0.2, 0.25) is 0 Å². The second-order valence-corrected chi connectivity index (χ2v) is 5.40. The molecule has 0 radical (unpaired) electrons. The van der Waals surface area contributed by atoms with Gasteiger partial charge in [0.05, 0.1) is 0 Å². The third-order valence-corrected chi connectivity index (χ3v) is 3.69. The lowest BCUT2D eigenvalue weighted by Gasteiger charge is -2.30. The molecular formula is C16H22O2. The van der Waals surface area contributed by atoms with Crippen molar-refractivity contribution in [3.8, 4) is 0 Å². The second-order valence-electron chi connectivity index (χ2n) is 5.40. The molecule has 0 N–H and O–H groups in total. The molecule has 0 amide bonds. The summed E-state index contributed by atoms with van der Waals surface area (Å²) in [5.41, 5.74) is 4.80. The minimum absolute atomic E-state index is 0.147. The monoisotopic (exact) mass is 246 g/mol. The number of carbonyl (C=O) groups is 1. The highest BCUT2D eigenvalue weighted by molar-refractivity contribution is 6.11. The van der Waals surface area contributed by atoms with Crippen LogP contribution < -0.4 is 0 Å². The fourth-order valence-electron chi connectivity index (χ4n) is 2.75. The number of ketones is 1. The highest BCUT2D eigenvalue weighted by Crippen LogP contribution is 2.34. The molecular weight excluding hydrogens is 224 g/mol. The van der Waals surface area contributed by atoms with Gasteiger partial charge in [0.15, 0.2) is 5.78 Å². The van der Waals surface area contributed by atoms with Crippen LogP contribution in [0, 0.1) is 0 Å². The van der Waals surface area contributed by atoms with E-state index in [9.17, 15) is 4.79 Å². The Bertz CT molecular complexity index is 434. The predicted octanol–water partition coefficient (Wildman–Crippen LogP) is 3.74. The normalized spacial score (nSPS) is 22.9. The van der Waals surface area contributed by atoms with Gasteiger partial charge in [0, 0.05) is 12.7 Å². The van der Waals surface area contributed by atoms with E-state index in [1.165, 1.54) is 30.4 Å². The number of ether oxygens (including phenoxy) is 1. The van der Waals surface area contributed by atoms with E-state index in [2.05, 4.69) is 6.08 Å². The highest BCUT2D eigenvalue weighted by atomic mass is 16.5. The van der Waals surface area contributed by atoms with Crippen molar-refractivity contribution in [2.45, 2.75) is 52.1 Å². The summed E-state index contributed by atoms with van der Waals surface area (Å²) >= 11 is 0. The standard InChI is InChI=1S/C16H22O2/c1-11(2)10-14-13(16(18-3)15(14)17)9-8-12-6-4-5-7-12/h6,10,16H,4-5,7-9H2,1-3H3. The lowest BCUT2D eigenvalue weighted by atomic mass is 9.79. The van der Waals surface area contributed by atoms with Gasteiger partial charge in [0.1, 0.15) is 6.10 Å². The van der Waals surface area contributed by atoms with Crippen LogP contribution in [0.1, 0.15) is 46.0 Å². The summed E-state index contributed by atoms with van der Waals surface area (Å²) in [6, 6.07) is 0. The average Bonchev–Trinajstić information content (AvgIpc) is 2.84. The molecule has 2 rings (SSSR count). The lowest BCUT2D eigenvalue weighted by Crippen LogP contribution is -2.37. The number of allylic oxidation sites excluding steroid dienone is 4. The Balaban J connectivity index is 2.08. The predicted molar refractivity (Wildman–Crippen MR) is 73.4 cm³/mol. The summed E-state index contributed by atoms with van der Waals surface area (Å²) in [7, 11) is 1.62. The largest absolute Gasteiger partial charge is 0.369 e. The minimum Gasteiger partial charge on any atom is -0.369 e. The summed E-state index contributed by atoms with van der Waals surface area (Å²) in [4.78, 5) is 11.9. The molecule has 2 nitrogen and oxygen atoms in total. The molecule has 1 unspecified atom stereocenters. The van der Waals surface area contributed by atoms with Crippen LogP contribution in [-0.2, 0) is 9.53 Å². The van der Waals surface area contributed by atoms with Gasteiger partial charge in [-0.15, -0.1) is 0 Å². The Hall–Kier alpha value is -1.15. The zero-order chi connectivity index (χ0) is 13.1. The van der Waals surface area contributed by atoms with Crippen molar-refractivity contribution in [2.24, 2.45) is 0 Å². The van der Waals surface area contributed by atoms with Crippen LogP contribution >= 0.6 is 0 Å². The van der Waals surface area contributed by atoms with Gasteiger partial charge in [0.25, 0.3) is 0 Å². The summed E-state index contributed by atoms with van der Waals surface area (Å²) < 4.78 is 5.28. The summed E-state index contributed by atoms with van der Waals surface area (Å²) in [5, 5.41) is 0. The van der Waals surface area contributed by atoms with Crippen molar-refractivity contribution in [3.05, 3.63) is 34.4 Å². The van der Waals surface area contributed by atoms with Crippen molar-refractivity contribution in [1.29, 1.82) is 0 Å². The van der Waals surface area contributed by atoms with Gasteiger partial charge in [-0.05, 0) is 51.5 Å². The molecule has 2 heteroatoms. The molecule has 0 bridgehead atoms. The van der Waals surface area contributed by atoms with Crippen LogP contribution in [-0.4, -0.2) is 19.0 Å². The molecule has 0 spiro atoms. The lowest BCUT2D eigenvalue weighted by molar-refractivity contribution is -0.125. The van der Waals surface area contributed by atoms with E-state index in [-0.39, 0.29) is 11.9 Å². The van der Waals surface area contributed by atoms with Crippen LogP contribution in [0.4, 0.5) is 0 Å². The van der Waals surface area contributed by atoms with Crippen LogP contribution in [0.3, 0.4) is 0 Å². The van der Waals surface area contributed by atoms with Crippen LogP contribution in [0.25, 0.3) is 0 Å². The summed E-state index contributed by atoms with van der Waals surface area (Å²) in [6.07, 6.45) is 9.87. The molecule has 18 heavy (non-hydrogen) atoms. The Morgan fingerprint density at radius 2 is 2.22 bits per heavy atom. The topological polar surface area (TPSA) is 26.3 Å². The number of methoxy groups -OCH3 is 1. The molecule has 0 fully saturated rings. The Morgan fingerprint density at radius 1 is 1.44 bits per heavy atom. The molecule has 0 saturated heterocycles. The minimum atomic E-state index is -0.280. The van der Waals surface area contributed by atoms with Crippen molar-refractivity contribution in [2.75, 3.05) is 7.11 Å². The fraction of sp³-hybridized carbons (Fsp3) is 0.562. The smallest absolute Gasteiger partial charge is 0.195 e. The van der Waals surface area contributed by atoms with Gasteiger partial charge in [-0.1, -0.05) is 23.3 Å². The first kappa shape index (κ1) is 13.3. The van der Waals surface area contributed by atoms with E-state index in [1.807, 2.05) is 19.9 Å². The van der Waals surface area contributed by atoms with Gasteiger partial charge in [-0.2, -0.15) is 0 Å². The van der Waals surface area contributed by atoms with Gasteiger partial charge in [-0.25, -0.2) is 0 Å². The molecule has 0 aromatic carbocycles. The van der Waals surface area contributed by atoms with Crippen LogP contribution in [0.5, 0.6) is 0 Å². The first-order valence-corrected chi connectivity index (χ1v) is 6.76. The van der Waals surface area contributed by atoms with Gasteiger partial charge >= 0.3 is 0 Å². The summed E-state index contributed by atoms with van der Waals surface area (Å²) in [6.45, 7) is 4.05. The number of hydrogen-bond donors (Lipinski definition) is 0. The number of hydrogen-bond acceptors (Lipinski definition) is 2. The van der Waals surface area contributed by atoms with E-state index in [1.54, 1.807) is 12.7 Å². The SMILES string of the molecule is COC1C(=O)C(C=C(C)C)=C1CCC1=CCCC1. The molecule has 98 valence electrons. The Kier molecular flexibility index (Phi) is 4.18. The third-order valence-electron chi connectivity index (χ3n) is 3.69. The number of Topliss-reactive ketones (excluding diaryl/α,β-unsaturated/α-hetero) is 1. The molecule has 2 aliphatic rings. The second kappa shape index (κ2) is 5.66. The summed E-state index contributed by atoms with van der Waals surface area (Å²) in [5.74, 6) is 0.147. The molecule has 1 atom stereocenters. The van der Waals surface area contributed by atoms with Crippen molar-refractivity contribution in [1.82, 2.24) is 0 Å². The zero-order valence-electron chi connectivity index (χ0n) is 11.6. The van der Waals surface area contributed by atoms with E-state index >= 15 is 0 Å². The average molecular weight is 246 g/mol. The molecule has 0 aromatic rings. The molecule has 0 heterocycles. The fourth-order valence-corrected chi connectivity index (χ4v) is 2.75. The first-order chi connectivity index (χ1) is 8.63. The van der Waals surface area contributed by atoms with Crippen molar-refractivity contribution >= 4 is 5.78 Å².